The van der Waals surface area contributed by atoms with Crippen molar-refractivity contribution in [3.63, 3.8) is 0 Å². The highest BCUT2D eigenvalue weighted by molar-refractivity contribution is 5.44. The Morgan fingerprint density at radius 2 is 2.00 bits per heavy atom. The Hall–Kier alpha value is -1.09. The summed E-state index contributed by atoms with van der Waals surface area (Å²) in [4.78, 5) is 6.86. The first kappa shape index (κ1) is 12.0. The molecule has 2 unspecified atom stereocenters. The monoisotopic (exact) mass is 245 g/mol. The topological polar surface area (TPSA) is 28.2 Å². The number of piperidine rings is 2. The highest BCUT2D eigenvalue weighted by Gasteiger charge is 2.35. The lowest BCUT2D eigenvalue weighted by molar-refractivity contribution is 0.0608. The van der Waals surface area contributed by atoms with Crippen LogP contribution >= 0.6 is 0 Å². The summed E-state index contributed by atoms with van der Waals surface area (Å²) in [5, 5.41) is 3.70. The van der Waals surface area contributed by atoms with Crippen molar-refractivity contribution in [1.82, 2.24) is 9.88 Å². The van der Waals surface area contributed by atoms with Crippen molar-refractivity contribution >= 4 is 5.69 Å². The van der Waals surface area contributed by atoms with Crippen LogP contribution in [0.15, 0.2) is 18.3 Å². The van der Waals surface area contributed by atoms with Gasteiger partial charge in [-0.15, -0.1) is 0 Å². The first-order chi connectivity index (χ1) is 8.72. The minimum Gasteiger partial charge on any atom is -0.382 e. The van der Waals surface area contributed by atoms with Crippen molar-refractivity contribution in [2.45, 2.75) is 57.2 Å². The fraction of sp³-hybridized carbons (Fsp3) is 0.667. The van der Waals surface area contributed by atoms with Crippen molar-refractivity contribution in [3.05, 3.63) is 24.0 Å². The minimum atomic E-state index is 0.637. The van der Waals surface area contributed by atoms with E-state index in [0.29, 0.717) is 6.04 Å². The number of nitrogens with one attached hydrogen (secondary N) is 1. The van der Waals surface area contributed by atoms with Crippen molar-refractivity contribution in [3.8, 4) is 0 Å². The molecule has 18 heavy (non-hydrogen) atoms. The highest BCUT2D eigenvalue weighted by atomic mass is 15.2. The maximum absolute atomic E-state index is 4.25. The van der Waals surface area contributed by atoms with E-state index in [9.17, 15) is 0 Å². The summed E-state index contributed by atoms with van der Waals surface area (Å²) < 4.78 is 0. The van der Waals surface area contributed by atoms with Crippen LogP contribution in [0.5, 0.6) is 0 Å². The molecule has 2 atom stereocenters. The molecule has 2 fully saturated rings. The van der Waals surface area contributed by atoms with E-state index in [1.807, 2.05) is 6.20 Å². The minimum absolute atomic E-state index is 0.637. The largest absolute Gasteiger partial charge is 0.382 e. The average molecular weight is 245 g/mol. The summed E-state index contributed by atoms with van der Waals surface area (Å²) in [5.41, 5.74) is 2.32. The first-order valence-electron chi connectivity index (χ1n) is 7.13. The standard InChI is InChI=1S/C15H23N3/c1-11-8-12(6-7-16-11)17-13-9-14-4-3-5-15(10-13)18(14)2/h6-8,13-15H,3-5,9-10H2,1-2H3,(H,16,17). The van der Waals surface area contributed by atoms with Gasteiger partial charge in [-0.2, -0.15) is 0 Å². The van der Waals surface area contributed by atoms with E-state index >= 15 is 0 Å². The molecule has 3 heterocycles. The van der Waals surface area contributed by atoms with Gasteiger partial charge in [0.15, 0.2) is 0 Å². The summed E-state index contributed by atoms with van der Waals surface area (Å²) >= 11 is 0. The van der Waals surface area contributed by atoms with Crippen LogP contribution in [-0.2, 0) is 0 Å². The van der Waals surface area contributed by atoms with Gasteiger partial charge in [0.25, 0.3) is 0 Å². The third-order valence-corrected chi connectivity index (χ3v) is 4.61. The highest BCUT2D eigenvalue weighted by Crippen LogP contribution is 2.33. The lowest BCUT2D eigenvalue weighted by Crippen LogP contribution is -2.52. The Morgan fingerprint density at radius 3 is 2.67 bits per heavy atom. The summed E-state index contributed by atoms with van der Waals surface area (Å²) in [6, 6.07) is 6.45. The number of nitrogens with zero attached hydrogens (tertiary/aromatic N) is 2. The van der Waals surface area contributed by atoms with Gasteiger partial charge >= 0.3 is 0 Å². The number of anilines is 1. The SMILES string of the molecule is Cc1cc(NC2CC3CCCC(C2)N3C)ccn1. The summed E-state index contributed by atoms with van der Waals surface area (Å²) in [7, 11) is 2.31. The Morgan fingerprint density at radius 1 is 1.28 bits per heavy atom. The fourth-order valence-corrected chi connectivity index (χ4v) is 3.60. The third-order valence-electron chi connectivity index (χ3n) is 4.61. The van der Waals surface area contributed by atoms with Crippen LogP contribution in [0.25, 0.3) is 0 Å². The molecule has 0 saturated carbocycles. The average Bonchev–Trinajstić information content (AvgIpc) is 2.30. The maximum atomic E-state index is 4.25. The number of hydrogen-bond donors (Lipinski definition) is 1. The predicted octanol–water partition coefficient (Wildman–Crippen LogP) is 2.82. The summed E-state index contributed by atoms with van der Waals surface area (Å²) in [5.74, 6) is 0. The van der Waals surface area contributed by atoms with Crippen LogP contribution in [0.3, 0.4) is 0 Å². The number of fused-ring (bicyclic) bond motifs is 2. The van der Waals surface area contributed by atoms with E-state index in [2.05, 4.69) is 41.3 Å². The normalized spacial score (nSPS) is 32.2. The van der Waals surface area contributed by atoms with Crippen molar-refractivity contribution in [2.75, 3.05) is 12.4 Å². The second-order valence-electron chi connectivity index (χ2n) is 5.90. The number of pyridine rings is 1. The zero-order valence-corrected chi connectivity index (χ0v) is 11.4. The van der Waals surface area contributed by atoms with Crippen LogP contribution in [0.4, 0.5) is 5.69 Å². The van der Waals surface area contributed by atoms with Gasteiger partial charge in [-0.1, -0.05) is 6.42 Å². The Bertz CT molecular complexity index is 404. The third kappa shape index (κ3) is 2.37. The van der Waals surface area contributed by atoms with Gasteiger partial charge in [-0.25, -0.2) is 0 Å². The van der Waals surface area contributed by atoms with E-state index in [4.69, 9.17) is 0 Å². The molecule has 2 aliphatic heterocycles. The van der Waals surface area contributed by atoms with E-state index < -0.39 is 0 Å². The molecule has 3 heteroatoms. The van der Waals surface area contributed by atoms with Crippen molar-refractivity contribution < 1.29 is 0 Å². The first-order valence-corrected chi connectivity index (χ1v) is 7.13. The van der Waals surface area contributed by atoms with Gasteiger partial charge in [-0.3, -0.25) is 4.98 Å². The summed E-state index contributed by atoms with van der Waals surface area (Å²) in [6.07, 6.45) is 8.64. The molecule has 98 valence electrons. The molecule has 2 aliphatic rings. The zero-order chi connectivity index (χ0) is 12.5. The molecular weight excluding hydrogens is 222 g/mol. The number of aryl methyl sites for hydroxylation is 1. The van der Waals surface area contributed by atoms with Gasteiger partial charge in [-0.05, 0) is 51.8 Å². The molecule has 3 nitrogen and oxygen atoms in total. The molecular formula is C15H23N3. The number of aromatic nitrogens is 1. The van der Waals surface area contributed by atoms with Crippen LogP contribution < -0.4 is 5.32 Å². The molecule has 0 aliphatic carbocycles. The molecule has 0 radical (unpaired) electrons. The molecule has 2 bridgehead atoms. The van der Waals surface area contributed by atoms with Gasteiger partial charge in [0.1, 0.15) is 0 Å². The van der Waals surface area contributed by atoms with Crippen LogP contribution in [-0.4, -0.2) is 35.1 Å². The van der Waals surface area contributed by atoms with Crippen LogP contribution in [0, 0.1) is 6.92 Å². The smallest absolute Gasteiger partial charge is 0.0393 e. The van der Waals surface area contributed by atoms with Gasteiger partial charge in [0, 0.05) is 35.7 Å². The van der Waals surface area contributed by atoms with E-state index in [0.717, 1.165) is 17.8 Å². The molecule has 1 aromatic rings. The second-order valence-corrected chi connectivity index (χ2v) is 5.90. The molecule has 0 amide bonds. The quantitative estimate of drug-likeness (QED) is 0.868. The molecule has 1 aromatic heterocycles. The zero-order valence-electron chi connectivity index (χ0n) is 11.4. The fourth-order valence-electron chi connectivity index (χ4n) is 3.60. The van der Waals surface area contributed by atoms with E-state index in [-0.39, 0.29) is 0 Å². The Balaban J connectivity index is 1.68. The van der Waals surface area contributed by atoms with E-state index in [1.165, 1.54) is 37.8 Å². The second kappa shape index (κ2) is 4.88. The van der Waals surface area contributed by atoms with Gasteiger partial charge in [0.05, 0.1) is 0 Å². The molecule has 3 rings (SSSR count). The number of hydrogen-bond acceptors (Lipinski definition) is 3. The summed E-state index contributed by atoms with van der Waals surface area (Å²) in [6.45, 7) is 2.05. The van der Waals surface area contributed by atoms with Crippen molar-refractivity contribution in [2.24, 2.45) is 0 Å². The van der Waals surface area contributed by atoms with Gasteiger partial charge in [0.2, 0.25) is 0 Å². The molecule has 0 spiro atoms. The molecule has 2 saturated heterocycles. The number of rotatable bonds is 2. The van der Waals surface area contributed by atoms with Crippen LogP contribution in [0.1, 0.15) is 37.8 Å². The van der Waals surface area contributed by atoms with Gasteiger partial charge < -0.3 is 10.2 Å². The van der Waals surface area contributed by atoms with E-state index in [1.54, 1.807) is 0 Å². The Kier molecular flexibility index (Phi) is 3.25. The van der Waals surface area contributed by atoms with Crippen LogP contribution in [0.2, 0.25) is 0 Å². The predicted molar refractivity (Wildman–Crippen MR) is 74.8 cm³/mol. The van der Waals surface area contributed by atoms with Crippen molar-refractivity contribution in [1.29, 1.82) is 0 Å². The molecule has 0 aromatic carbocycles. The molecule has 1 N–H and O–H groups in total. The lowest BCUT2D eigenvalue weighted by atomic mass is 9.82. The lowest BCUT2D eigenvalue weighted by Gasteiger charge is -2.47. The Labute approximate surface area is 110 Å². The maximum Gasteiger partial charge on any atom is 0.0393 e.